The second kappa shape index (κ2) is 7.38. The smallest absolute Gasteiger partial charge is 0.269 e. The van der Waals surface area contributed by atoms with Crippen molar-refractivity contribution in [2.45, 2.75) is 11.4 Å². The number of sulfonamides is 1. The van der Waals surface area contributed by atoms with E-state index in [9.17, 15) is 18.0 Å². The van der Waals surface area contributed by atoms with Gasteiger partial charge in [-0.3, -0.25) is 9.59 Å². The predicted octanol–water partition coefficient (Wildman–Crippen LogP) is 3.06. The van der Waals surface area contributed by atoms with Crippen molar-refractivity contribution in [3.63, 3.8) is 0 Å². The Labute approximate surface area is 171 Å². The van der Waals surface area contributed by atoms with Crippen LogP contribution in [0.3, 0.4) is 0 Å². The van der Waals surface area contributed by atoms with E-state index in [1.54, 1.807) is 30.3 Å². The van der Waals surface area contributed by atoms with Crippen molar-refractivity contribution in [1.29, 1.82) is 0 Å². The molecule has 0 bridgehead atoms. The van der Waals surface area contributed by atoms with Crippen LogP contribution >= 0.6 is 11.6 Å². The fraction of sp³-hybridized carbons (Fsp3) is 0.100. The van der Waals surface area contributed by atoms with Crippen molar-refractivity contribution in [2.24, 2.45) is 0 Å². The van der Waals surface area contributed by atoms with Crippen LogP contribution < -0.4 is 5.32 Å². The SMILES string of the molecule is O=C(CN1C(=O)c2ccccc2S1(=O)=O)NCc1ccc(-c2ccc(Cl)cc2)o1. The van der Waals surface area contributed by atoms with Crippen molar-refractivity contribution in [3.8, 4) is 11.3 Å². The molecule has 148 valence electrons. The van der Waals surface area contributed by atoms with Crippen molar-refractivity contribution in [3.05, 3.63) is 77.0 Å². The molecule has 1 aliphatic rings. The minimum absolute atomic E-state index is 0.0570. The molecule has 0 fully saturated rings. The Hall–Kier alpha value is -3.10. The van der Waals surface area contributed by atoms with E-state index in [2.05, 4.69) is 5.32 Å². The lowest BCUT2D eigenvalue weighted by Crippen LogP contribution is -2.40. The molecule has 1 aliphatic heterocycles. The number of amides is 2. The average molecular weight is 431 g/mol. The summed E-state index contributed by atoms with van der Waals surface area (Å²) in [6, 6.07) is 16.5. The van der Waals surface area contributed by atoms with Gasteiger partial charge in [-0.2, -0.15) is 0 Å². The first-order valence-corrected chi connectivity index (χ1v) is 10.5. The number of fused-ring (bicyclic) bond motifs is 1. The summed E-state index contributed by atoms with van der Waals surface area (Å²) >= 11 is 5.87. The summed E-state index contributed by atoms with van der Waals surface area (Å²) in [4.78, 5) is 24.5. The van der Waals surface area contributed by atoms with Gasteiger partial charge in [0.1, 0.15) is 23.0 Å². The number of carbonyl (C=O) groups excluding carboxylic acids is 2. The van der Waals surface area contributed by atoms with E-state index in [1.165, 1.54) is 18.2 Å². The monoisotopic (exact) mass is 430 g/mol. The quantitative estimate of drug-likeness (QED) is 0.671. The molecule has 7 nitrogen and oxygen atoms in total. The highest BCUT2D eigenvalue weighted by Crippen LogP contribution is 2.29. The zero-order valence-electron chi connectivity index (χ0n) is 15.0. The number of hydrogen-bond acceptors (Lipinski definition) is 5. The first-order valence-electron chi connectivity index (χ1n) is 8.64. The Morgan fingerprint density at radius 1 is 1.03 bits per heavy atom. The zero-order chi connectivity index (χ0) is 20.6. The highest BCUT2D eigenvalue weighted by Gasteiger charge is 2.41. The molecule has 0 spiro atoms. The number of rotatable bonds is 5. The summed E-state index contributed by atoms with van der Waals surface area (Å²) in [7, 11) is -4.02. The predicted molar refractivity (Wildman–Crippen MR) is 106 cm³/mol. The van der Waals surface area contributed by atoms with E-state index in [-0.39, 0.29) is 17.0 Å². The van der Waals surface area contributed by atoms with Crippen LogP contribution in [-0.2, 0) is 21.4 Å². The number of hydrogen-bond donors (Lipinski definition) is 1. The lowest BCUT2D eigenvalue weighted by molar-refractivity contribution is -0.121. The van der Waals surface area contributed by atoms with E-state index < -0.39 is 28.4 Å². The first-order chi connectivity index (χ1) is 13.9. The Morgan fingerprint density at radius 2 is 1.76 bits per heavy atom. The Balaban J connectivity index is 1.40. The molecule has 1 N–H and O–H groups in total. The van der Waals surface area contributed by atoms with E-state index in [1.807, 2.05) is 12.1 Å². The molecule has 0 atom stereocenters. The van der Waals surface area contributed by atoms with Crippen LogP contribution in [-0.4, -0.2) is 31.1 Å². The summed E-state index contributed by atoms with van der Waals surface area (Å²) < 4.78 is 31.2. The Kier molecular flexibility index (Phi) is 4.89. The molecule has 0 saturated heterocycles. The minimum atomic E-state index is -4.02. The van der Waals surface area contributed by atoms with Crippen molar-refractivity contribution < 1.29 is 22.4 Å². The molecule has 29 heavy (non-hydrogen) atoms. The van der Waals surface area contributed by atoms with Gasteiger partial charge < -0.3 is 9.73 Å². The van der Waals surface area contributed by atoms with E-state index in [4.69, 9.17) is 16.0 Å². The molecule has 4 rings (SSSR count). The summed E-state index contributed by atoms with van der Waals surface area (Å²) in [6.07, 6.45) is 0. The number of carbonyl (C=O) groups is 2. The molecule has 2 aromatic carbocycles. The second-order valence-corrected chi connectivity index (χ2v) is 8.63. The van der Waals surface area contributed by atoms with Crippen LogP contribution in [0, 0.1) is 0 Å². The average Bonchev–Trinajstić information content (AvgIpc) is 3.25. The normalized spacial score (nSPS) is 14.7. The van der Waals surface area contributed by atoms with Crippen LogP contribution in [0.1, 0.15) is 16.1 Å². The van der Waals surface area contributed by atoms with Crippen LogP contribution in [0.4, 0.5) is 0 Å². The maximum absolute atomic E-state index is 12.5. The van der Waals surface area contributed by atoms with Gasteiger partial charge >= 0.3 is 0 Å². The van der Waals surface area contributed by atoms with Gasteiger partial charge in [-0.25, -0.2) is 12.7 Å². The van der Waals surface area contributed by atoms with Crippen molar-refractivity contribution in [2.75, 3.05) is 6.54 Å². The van der Waals surface area contributed by atoms with Crippen LogP contribution in [0.5, 0.6) is 0 Å². The molecular weight excluding hydrogens is 416 g/mol. The summed E-state index contributed by atoms with van der Waals surface area (Å²) in [6.45, 7) is -0.540. The van der Waals surface area contributed by atoms with Gasteiger partial charge in [0, 0.05) is 10.6 Å². The lowest BCUT2D eigenvalue weighted by atomic mass is 10.2. The molecule has 0 unspecified atom stereocenters. The second-order valence-electron chi connectivity index (χ2n) is 6.36. The summed E-state index contributed by atoms with van der Waals surface area (Å²) in [5, 5.41) is 3.19. The standard InChI is InChI=1S/C20H15ClN2O5S/c21-14-7-5-13(6-8-14)17-10-9-15(28-17)11-22-19(24)12-23-20(25)16-3-1-2-4-18(16)29(23,26)27/h1-10H,11-12H2,(H,22,24). The third-order valence-corrected chi connectivity index (χ3v) is 6.49. The van der Waals surface area contributed by atoms with Crippen LogP contribution in [0.25, 0.3) is 11.3 Å². The van der Waals surface area contributed by atoms with Crippen LogP contribution in [0.15, 0.2) is 70.0 Å². The van der Waals surface area contributed by atoms with E-state index in [0.717, 1.165) is 5.56 Å². The molecule has 1 aromatic heterocycles. The Morgan fingerprint density at radius 3 is 2.48 bits per heavy atom. The molecule has 0 saturated carbocycles. The van der Waals surface area contributed by atoms with Gasteiger partial charge in [0.05, 0.1) is 12.1 Å². The zero-order valence-corrected chi connectivity index (χ0v) is 16.5. The van der Waals surface area contributed by atoms with Gasteiger partial charge in [0.15, 0.2) is 0 Å². The molecule has 9 heteroatoms. The summed E-state index contributed by atoms with van der Waals surface area (Å²) in [5.74, 6) is -0.223. The van der Waals surface area contributed by atoms with E-state index >= 15 is 0 Å². The van der Waals surface area contributed by atoms with Gasteiger partial charge in [-0.1, -0.05) is 23.7 Å². The number of furan rings is 1. The largest absolute Gasteiger partial charge is 0.459 e. The maximum Gasteiger partial charge on any atom is 0.269 e. The molecule has 2 heterocycles. The highest BCUT2D eigenvalue weighted by molar-refractivity contribution is 7.90. The molecule has 2 amide bonds. The maximum atomic E-state index is 12.5. The van der Waals surface area contributed by atoms with E-state index in [0.29, 0.717) is 20.8 Å². The first kappa shape index (κ1) is 19.2. The van der Waals surface area contributed by atoms with Gasteiger partial charge in [-0.15, -0.1) is 0 Å². The number of benzene rings is 2. The topological polar surface area (TPSA) is 96.7 Å². The molecular formula is C20H15ClN2O5S. The minimum Gasteiger partial charge on any atom is -0.459 e. The number of halogens is 1. The van der Waals surface area contributed by atoms with Crippen molar-refractivity contribution in [1.82, 2.24) is 9.62 Å². The summed E-state index contributed by atoms with van der Waals surface area (Å²) in [5.41, 5.74) is 0.900. The van der Waals surface area contributed by atoms with Gasteiger partial charge in [-0.05, 0) is 48.5 Å². The number of nitrogens with zero attached hydrogens (tertiary/aromatic N) is 1. The fourth-order valence-electron chi connectivity index (χ4n) is 3.00. The van der Waals surface area contributed by atoms with Crippen molar-refractivity contribution >= 4 is 33.4 Å². The van der Waals surface area contributed by atoms with Gasteiger partial charge in [0.2, 0.25) is 5.91 Å². The number of nitrogens with one attached hydrogen (secondary N) is 1. The Bertz CT molecular complexity index is 1200. The highest BCUT2D eigenvalue weighted by atomic mass is 35.5. The lowest BCUT2D eigenvalue weighted by Gasteiger charge is -2.14. The third-order valence-electron chi connectivity index (χ3n) is 4.45. The fourth-order valence-corrected chi connectivity index (χ4v) is 4.65. The van der Waals surface area contributed by atoms with Gasteiger partial charge in [0.25, 0.3) is 15.9 Å². The molecule has 3 aromatic rings. The third kappa shape index (κ3) is 3.64. The van der Waals surface area contributed by atoms with Crippen LogP contribution in [0.2, 0.25) is 5.02 Å². The molecule has 0 radical (unpaired) electrons. The molecule has 0 aliphatic carbocycles.